The fourth-order valence-corrected chi connectivity index (χ4v) is 2.51. The SMILES string of the molecule is Cl.Fc1cc(Cl)cc([C@@H](N2CCNCC2)C(F)(F)F)c1. The third-order valence-corrected chi connectivity index (χ3v) is 3.25. The van der Waals surface area contributed by atoms with Crippen LogP contribution in [0.25, 0.3) is 0 Å². The van der Waals surface area contributed by atoms with E-state index in [0.29, 0.717) is 13.1 Å². The molecular formula is C12H14Cl2F4N2. The smallest absolute Gasteiger partial charge is 0.314 e. The molecule has 1 N–H and O–H groups in total. The van der Waals surface area contributed by atoms with E-state index in [1.165, 1.54) is 11.0 Å². The van der Waals surface area contributed by atoms with E-state index in [9.17, 15) is 17.6 Å². The number of piperazine rings is 1. The van der Waals surface area contributed by atoms with Gasteiger partial charge < -0.3 is 5.32 Å². The largest absolute Gasteiger partial charge is 0.408 e. The molecule has 8 heteroatoms. The molecule has 0 radical (unpaired) electrons. The zero-order valence-corrected chi connectivity index (χ0v) is 12.0. The molecule has 114 valence electrons. The van der Waals surface area contributed by atoms with Crippen molar-refractivity contribution in [2.45, 2.75) is 12.2 Å². The number of hydrogen-bond acceptors (Lipinski definition) is 2. The molecule has 1 aromatic carbocycles. The fourth-order valence-electron chi connectivity index (χ4n) is 2.28. The lowest BCUT2D eigenvalue weighted by Crippen LogP contribution is -2.49. The van der Waals surface area contributed by atoms with Crippen molar-refractivity contribution in [3.05, 3.63) is 34.6 Å². The van der Waals surface area contributed by atoms with Crippen LogP contribution in [0.3, 0.4) is 0 Å². The van der Waals surface area contributed by atoms with Crippen molar-refractivity contribution in [2.75, 3.05) is 26.2 Å². The molecule has 2 nitrogen and oxygen atoms in total. The molecule has 0 saturated carbocycles. The maximum Gasteiger partial charge on any atom is 0.408 e. The Morgan fingerprint density at radius 2 is 1.75 bits per heavy atom. The summed E-state index contributed by atoms with van der Waals surface area (Å²) < 4.78 is 52.9. The maximum absolute atomic E-state index is 13.3. The van der Waals surface area contributed by atoms with Crippen molar-refractivity contribution in [1.82, 2.24) is 10.2 Å². The van der Waals surface area contributed by atoms with Gasteiger partial charge in [0.2, 0.25) is 0 Å². The Bertz CT molecular complexity index is 427. The predicted molar refractivity (Wildman–Crippen MR) is 71.9 cm³/mol. The topological polar surface area (TPSA) is 15.3 Å². The summed E-state index contributed by atoms with van der Waals surface area (Å²) in [6.07, 6.45) is -4.46. The summed E-state index contributed by atoms with van der Waals surface area (Å²) in [5, 5.41) is 2.96. The van der Waals surface area contributed by atoms with Gasteiger partial charge in [-0.15, -0.1) is 12.4 Å². The van der Waals surface area contributed by atoms with Crippen LogP contribution in [0.15, 0.2) is 18.2 Å². The lowest BCUT2D eigenvalue weighted by Gasteiger charge is -2.36. The van der Waals surface area contributed by atoms with Gasteiger partial charge in [-0.3, -0.25) is 4.90 Å². The van der Waals surface area contributed by atoms with Crippen LogP contribution in [-0.4, -0.2) is 37.3 Å². The molecule has 0 unspecified atom stereocenters. The Morgan fingerprint density at radius 1 is 1.15 bits per heavy atom. The van der Waals surface area contributed by atoms with Gasteiger partial charge >= 0.3 is 6.18 Å². The standard InChI is InChI=1S/C12H13ClF4N2.ClH/c13-9-5-8(6-10(14)7-9)11(12(15,16)17)19-3-1-18-2-4-19;/h5-7,11,18H,1-4H2;1H/t11-;/m1./s1. The number of halogens is 6. The number of rotatable bonds is 2. The van der Waals surface area contributed by atoms with Crippen LogP contribution in [0.5, 0.6) is 0 Å². The molecule has 0 spiro atoms. The number of benzene rings is 1. The van der Waals surface area contributed by atoms with E-state index in [1.807, 2.05) is 0 Å². The second-order valence-electron chi connectivity index (χ2n) is 4.43. The van der Waals surface area contributed by atoms with Crippen LogP contribution in [0, 0.1) is 5.82 Å². The number of nitrogens with zero attached hydrogens (tertiary/aromatic N) is 1. The van der Waals surface area contributed by atoms with Crippen LogP contribution in [0.4, 0.5) is 17.6 Å². The second-order valence-corrected chi connectivity index (χ2v) is 4.87. The molecule has 1 saturated heterocycles. The third kappa shape index (κ3) is 4.22. The quantitative estimate of drug-likeness (QED) is 0.835. The van der Waals surface area contributed by atoms with Gasteiger partial charge in [-0.05, 0) is 23.8 Å². The highest BCUT2D eigenvalue weighted by molar-refractivity contribution is 6.30. The molecule has 0 aromatic heterocycles. The maximum atomic E-state index is 13.3. The van der Waals surface area contributed by atoms with Crippen molar-refractivity contribution >= 4 is 24.0 Å². The molecule has 1 aromatic rings. The van der Waals surface area contributed by atoms with Gasteiger partial charge in [0.1, 0.15) is 11.9 Å². The summed E-state index contributed by atoms with van der Waals surface area (Å²) in [7, 11) is 0. The molecule has 1 heterocycles. The minimum Gasteiger partial charge on any atom is -0.314 e. The molecule has 2 rings (SSSR count). The van der Waals surface area contributed by atoms with Crippen molar-refractivity contribution in [1.29, 1.82) is 0 Å². The summed E-state index contributed by atoms with van der Waals surface area (Å²) in [4.78, 5) is 1.29. The Morgan fingerprint density at radius 3 is 2.25 bits per heavy atom. The van der Waals surface area contributed by atoms with Crippen LogP contribution < -0.4 is 5.32 Å². The summed E-state index contributed by atoms with van der Waals surface area (Å²) in [5.74, 6) is -0.758. The number of hydrogen-bond donors (Lipinski definition) is 1. The predicted octanol–water partition coefficient (Wildman–Crippen LogP) is 3.41. The molecule has 1 atom stereocenters. The lowest BCUT2D eigenvalue weighted by molar-refractivity contribution is -0.187. The van der Waals surface area contributed by atoms with Crippen molar-refractivity contribution < 1.29 is 17.6 Å². The summed E-state index contributed by atoms with van der Waals surface area (Å²) in [6, 6.07) is 1.25. The molecule has 0 amide bonds. The van der Waals surface area contributed by atoms with Gasteiger partial charge in [0.15, 0.2) is 0 Å². The first-order valence-electron chi connectivity index (χ1n) is 5.85. The highest BCUT2D eigenvalue weighted by Crippen LogP contribution is 2.38. The van der Waals surface area contributed by atoms with Gasteiger partial charge in [-0.2, -0.15) is 13.2 Å². The molecular weight excluding hydrogens is 319 g/mol. The number of alkyl halides is 3. The molecule has 0 bridgehead atoms. The van der Waals surface area contributed by atoms with Crippen LogP contribution in [0.2, 0.25) is 5.02 Å². The second kappa shape index (κ2) is 6.93. The summed E-state index contributed by atoms with van der Waals surface area (Å²) >= 11 is 5.64. The van der Waals surface area contributed by atoms with Crippen LogP contribution >= 0.6 is 24.0 Å². The fraction of sp³-hybridized carbons (Fsp3) is 0.500. The zero-order chi connectivity index (χ0) is 14.0. The summed E-state index contributed by atoms with van der Waals surface area (Å²) in [6.45, 7) is 1.49. The van der Waals surface area contributed by atoms with Crippen molar-refractivity contribution in [3.8, 4) is 0 Å². The minimum absolute atomic E-state index is 0. The Labute approximate surface area is 125 Å². The van der Waals surface area contributed by atoms with E-state index in [1.54, 1.807) is 0 Å². The molecule has 1 aliphatic heterocycles. The van der Waals surface area contributed by atoms with Crippen molar-refractivity contribution in [2.24, 2.45) is 0 Å². The van der Waals surface area contributed by atoms with E-state index in [4.69, 9.17) is 11.6 Å². The first-order chi connectivity index (χ1) is 8.88. The average Bonchev–Trinajstić information content (AvgIpc) is 2.27. The molecule has 1 fully saturated rings. The van der Waals surface area contributed by atoms with E-state index in [0.717, 1.165) is 12.1 Å². The van der Waals surface area contributed by atoms with Crippen LogP contribution in [0.1, 0.15) is 11.6 Å². The summed E-state index contributed by atoms with van der Waals surface area (Å²) in [5.41, 5.74) is -0.153. The lowest BCUT2D eigenvalue weighted by atomic mass is 10.0. The normalized spacial score (nSPS) is 18.4. The van der Waals surface area contributed by atoms with Gasteiger partial charge in [-0.1, -0.05) is 11.6 Å². The van der Waals surface area contributed by atoms with Gasteiger partial charge in [0, 0.05) is 31.2 Å². The highest BCUT2D eigenvalue weighted by Gasteiger charge is 2.45. The zero-order valence-electron chi connectivity index (χ0n) is 10.4. The Balaban J connectivity index is 0.00000200. The Kier molecular flexibility index (Phi) is 6.06. The molecule has 20 heavy (non-hydrogen) atoms. The molecule has 0 aliphatic carbocycles. The third-order valence-electron chi connectivity index (χ3n) is 3.03. The van der Waals surface area contributed by atoms with Gasteiger partial charge in [0.25, 0.3) is 0 Å². The van der Waals surface area contributed by atoms with E-state index >= 15 is 0 Å². The van der Waals surface area contributed by atoms with Gasteiger partial charge in [0.05, 0.1) is 0 Å². The highest BCUT2D eigenvalue weighted by atomic mass is 35.5. The monoisotopic (exact) mass is 332 g/mol. The number of nitrogens with one attached hydrogen (secondary N) is 1. The van der Waals surface area contributed by atoms with Crippen LogP contribution in [-0.2, 0) is 0 Å². The first-order valence-corrected chi connectivity index (χ1v) is 6.23. The van der Waals surface area contributed by atoms with E-state index < -0.39 is 18.0 Å². The van der Waals surface area contributed by atoms with Crippen molar-refractivity contribution in [3.63, 3.8) is 0 Å². The van der Waals surface area contributed by atoms with Gasteiger partial charge in [-0.25, -0.2) is 4.39 Å². The van der Waals surface area contributed by atoms with E-state index in [2.05, 4.69) is 5.32 Å². The Hall–Kier alpha value is -0.560. The minimum atomic E-state index is -4.46. The average molecular weight is 333 g/mol. The molecule has 1 aliphatic rings. The van der Waals surface area contributed by atoms with E-state index in [-0.39, 0.29) is 36.1 Å². The first kappa shape index (κ1) is 17.5.